The van der Waals surface area contributed by atoms with Gasteiger partial charge in [-0.1, -0.05) is 35.9 Å². The molecule has 3 heteroatoms. The van der Waals surface area contributed by atoms with Gasteiger partial charge in [0.15, 0.2) is 0 Å². The number of rotatable bonds is 4. The molecule has 0 radical (unpaired) electrons. The Morgan fingerprint density at radius 2 is 2.05 bits per heavy atom. The summed E-state index contributed by atoms with van der Waals surface area (Å²) in [6.45, 7) is 9.84. The zero-order valence-corrected chi connectivity index (χ0v) is 13.6. The van der Waals surface area contributed by atoms with Gasteiger partial charge in [-0.2, -0.15) is 0 Å². The van der Waals surface area contributed by atoms with Crippen LogP contribution in [0.25, 0.3) is 0 Å². The summed E-state index contributed by atoms with van der Waals surface area (Å²) in [5.74, 6) is 0.608. The lowest BCUT2D eigenvalue weighted by molar-refractivity contribution is 0.118. The van der Waals surface area contributed by atoms with Crippen LogP contribution in [0.4, 0.5) is 0 Å². The largest absolute Gasteiger partial charge is 0.308 e. The molecule has 0 aromatic heterocycles. The second kappa shape index (κ2) is 6.51. The van der Waals surface area contributed by atoms with Crippen molar-refractivity contribution in [3.8, 4) is 0 Å². The van der Waals surface area contributed by atoms with Crippen LogP contribution in [0.2, 0.25) is 5.02 Å². The molecular weight excluding hydrogens is 280 g/mol. The molecule has 0 unspecified atom stereocenters. The number of piperidine rings is 1. The fraction of sp³-hybridized carbons (Fsp3) is 0.556. The topological polar surface area (TPSA) is 15.3 Å². The summed E-state index contributed by atoms with van der Waals surface area (Å²) in [4.78, 5) is 2.67. The first-order valence-electron chi connectivity index (χ1n) is 8.02. The van der Waals surface area contributed by atoms with Crippen LogP contribution < -0.4 is 5.32 Å². The summed E-state index contributed by atoms with van der Waals surface area (Å²) in [6, 6.07) is 9.39. The number of hydrogen-bond acceptors (Lipinski definition) is 2. The Bertz CT molecular complexity index is 496. The predicted molar refractivity (Wildman–Crippen MR) is 89.6 cm³/mol. The Balaban J connectivity index is 1.69. The third-order valence-electron chi connectivity index (χ3n) is 5.08. The predicted octanol–water partition coefficient (Wildman–Crippen LogP) is 3.86. The van der Waals surface area contributed by atoms with Gasteiger partial charge in [0.1, 0.15) is 0 Å². The van der Waals surface area contributed by atoms with Crippen LogP contribution in [-0.4, -0.2) is 30.1 Å². The van der Waals surface area contributed by atoms with Crippen LogP contribution in [0.1, 0.15) is 31.7 Å². The molecule has 2 heterocycles. The van der Waals surface area contributed by atoms with Crippen molar-refractivity contribution in [2.45, 2.75) is 44.8 Å². The van der Waals surface area contributed by atoms with Gasteiger partial charge in [0, 0.05) is 23.7 Å². The Kier molecular flexibility index (Phi) is 4.68. The molecule has 1 N–H and O–H groups in total. The van der Waals surface area contributed by atoms with Crippen molar-refractivity contribution >= 4 is 11.6 Å². The molecule has 3 rings (SSSR count). The number of nitrogens with one attached hydrogen (secondary N) is 1. The minimum absolute atomic E-state index is 0.537. The summed E-state index contributed by atoms with van der Waals surface area (Å²) >= 11 is 5.96. The van der Waals surface area contributed by atoms with E-state index in [1.165, 1.54) is 43.5 Å². The van der Waals surface area contributed by atoms with Gasteiger partial charge in [-0.05, 0) is 62.9 Å². The van der Waals surface area contributed by atoms with Crippen LogP contribution in [0, 0.1) is 5.92 Å². The van der Waals surface area contributed by atoms with Crippen LogP contribution in [0.3, 0.4) is 0 Å². The summed E-state index contributed by atoms with van der Waals surface area (Å²) in [5, 5.41) is 4.62. The highest BCUT2D eigenvalue weighted by atomic mass is 35.5. The molecule has 0 aliphatic carbocycles. The highest BCUT2D eigenvalue weighted by Crippen LogP contribution is 2.34. The number of halogens is 1. The first-order valence-corrected chi connectivity index (χ1v) is 8.40. The molecule has 2 nitrogen and oxygen atoms in total. The summed E-state index contributed by atoms with van der Waals surface area (Å²) in [7, 11) is 0. The van der Waals surface area contributed by atoms with Gasteiger partial charge in [0.25, 0.3) is 0 Å². The third kappa shape index (κ3) is 3.33. The summed E-state index contributed by atoms with van der Waals surface area (Å²) < 4.78 is 0. The summed E-state index contributed by atoms with van der Waals surface area (Å²) in [5.41, 5.74) is 2.63. The van der Waals surface area contributed by atoms with Gasteiger partial charge in [-0.15, -0.1) is 0 Å². The van der Waals surface area contributed by atoms with Crippen LogP contribution in [0.5, 0.6) is 0 Å². The maximum atomic E-state index is 5.96. The fourth-order valence-corrected chi connectivity index (χ4v) is 4.08. The van der Waals surface area contributed by atoms with Crippen molar-refractivity contribution in [2.24, 2.45) is 5.92 Å². The van der Waals surface area contributed by atoms with Gasteiger partial charge in [-0.25, -0.2) is 0 Å². The van der Waals surface area contributed by atoms with Gasteiger partial charge in [0.2, 0.25) is 0 Å². The molecule has 0 spiro atoms. The molecule has 0 amide bonds. The first-order chi connectivity index (χ1) is 10.1. The molecule has 1 aromatic carbocycles. The van der Waals surface area contributed by atoms with Crippen molar-refractivity contribution in [2.75, 3.05) is 13.1 Å². The van der Waals surface area contributed by atoms with Gasteiger partial charge < -0.3 is 5.32 Å². The number of fused-ring (bicyclic) bond motifs is 1. The van der Waals surface area contributed by atoms with E-state index in [4.69, 9.17) is 11.6 Å². The maximum absolute atomic E-state index is 5.96. The third-order valence-corrected chi connectivity index (χ3v) is 5.33. The van der Waals surface area contributed by atoms with E-state index in [9.17, 15) is 0 Å². The minimum atomic E-state index is 0.537. The molecule has 2 saturated heterocycles. The molecule has 1 aromatic rings. The average Bonchev–Trinajstić information content (AvgIpc) is 2.94. The number of benzene rings is 1. The SMILES string of the molecule is C=C(C)[C@H]1CCN2CCC[C@H]2[C@@H]1NCc1ccc(Cl)cc1. The van der Waals surface area contributed by atoms with Crippen molar-refractivity contribution in [3.05, 3.63) is 47.0 Å². The van der Waals surface area contributed by atoms with Crippen LogP contribution in [0.15, 0.2) is 36.4 Å². The Labute approximate surface area is 133 Å². The van der Waals surface area contributed by atoms with Gasteiger partial charge in [0.05, 0.1) is 0 Å². The normalized spacial score (nSPS) is 29.3. The molecule has 2 fully saturated rings. The lowest BCUT2D eigenvalue weighted by atomic mass is 9.81. The molecule has 21 heavy (non-hydrogen) atoms. The van der Waals surface area contributed by atoms with E-state index in [1.807, 2.05) is 12.1 Å². The van der Waals surface area contributed by atoms with E-state index in [1.54, 1.807) is 0 Å². The van der Waals surface area contributed by atoms with E-state index >= 15 is 0 Å². The fourth-order valence-electron chi connectivity index (χ4n) is 3.96. The van der Waals surface area contributed by atoms with E-state index in [2.05, 4.69) is 35.9 Å². The smallest absolute Gasteiger partial charge is 0.0406 e. The average molecular weight is 305 g/mol. The second-order valence-corrected chi connectivity index (χ2v) is 6.96. The van der Waals surface area contributed by atoms with E-state index in [0.717, 1.165) is 11.6 Å². The monoisotopic (exact) mass is 304 g/mol. The molecule has 114 valence electrons. The first kappa shape index (κ1) is 15.1. The Morgan fingerprint density at radius 1 is 1.29 bits per heavy atom. The summed E-state index contributed by atoms with van der Waals surface area (Å²) in [6.07, 6.45) is 3.90. The molecule has 2 aliphatic heterocycles. The molecule has 2 aliphatic rings. The quantitative estimate of drug-likeness (QED) is 0.850. The van der Waals surface area contributed by atoms with Crippen molar-refractivity contribution in [3.63, 3.8) is 0 Å². The highest BCUT2D eigenvalue weighted by Gasteiger charge is 2.40. The Morgan fingerprint density at radius 3 is 2.76 bits per heavy atom. The zero-order valence-electron chi connectivity index (χ0n) is 12.8. The van der Waals surface area contributed by atoms with Crippen molar-refractivity contribution in [1.82, 2.24) is 10.2 Å². The van der Waals surface area contributed by atoms with E-state index < -0.39 is 0 Å². The standard InChI is InChI=1S/C18H25ClN2/c1-13(2)16-9-11-21-10-3-4-17(21)18(16)20-12-14-5-7-15(19)8-6-14/h5-8,16-18,20H,1,3-4,9-12H2,2H3/t16-,17+,18-/m1/s1. The zero-order chi connectivity index (χ0) is 14.8. The van der Waals surface area contributed by atoms with Crippen LogP contribution >= 0.6 is 11.6 Å². The second-order valence-electron chi connectivity index (χ2n) is 6.52. The van der Waals surface area contributed by atoms with Crippen molar-refractivity contribution < 1.29 is 0 Å². The lowest BCUT2D eigenvalue weighted by Gasteiger charge is -2.43. The maximum Gasteiger partial charge on any atom is 0.0406 e. The van der Waals surface area contributed by atoms with E-state index in [-0.39, 0.29) is 0 Å². The van der Waals surface area contributed by atoms with E-state index in [0.29, 0.717) is 18.0 Å². The Hall–Kier alpha value is -0.830. The molecule has 0 saturated carbocycles. The minimum Gasteiger partial charge on any atom is -0.308 e. The molecule has 0 bridgehead atoms. The number of nitrogens with zero attached hydrogens (tertiary/aromatic N) is 1. The molecule has 3 atom stereocenters. The lowest BCUT2D eigenvalue weighted by Crippen LogP contribution is -2.55. The van der Waals surface area contributed by atoms with Gasteiger partial charge in [-0.3, -0.25) is 4.90 Å². The van der Waals surface area contributed by atoms with Gasteiger partial charge >= 0.3 is 0 Å². The number of hydrogen-bond donors (Lipinski definition) is 1. The van der Waals surface area contributed by atoms with Crippen molar-refractivity contribution in [1.29, 1.82) is 0 Å². The van der Waals surface area contributed by atoms with Crippen LogP contribution in [-0.2, 0) is 6.54 Å². The molecular formula is C18H25ClN2. The highest BCUT2D eigenvalue weighted by molar-refractivity contribution is 6.30.